The lowest BCUT2D eigenvalue weighted by atomic mass is 9.77. The highest BCUT2D eigenvalue weighted by Crippen LogP contribution is 2.36. The van der Waals surface area contributed by atoms with Crippen molar-refractivity contribution in [2.24, 2.45) is 0 Å². The zero-order valence-corrected chi connectivity index (χ0v) is 14.0. The SMILES string of the molecule is Cc1cc(B2OC(C)(C)C(C)(C)O2)cc(C(=O)NC2CC2)c1. The largest absolute Gasteiger partial charge is 0.494 e. The Morgan fingerprint density at radius 3 is 2.27 bits per heavy atom. The number of carbonyl (C=O) groups is 1. The molecule has 0 unspecified atom stereocenters. The molecule has 0 radical (unpaired) electrons. The number of benzene rings is 1. The topological polar surface area (TPSA) is 47.6 Å². The predicted octanol–water partition coefficient (Wildman–Crippen LogP) is 2.19. The Kier molecular flexibility index (Phi) is 3.61. The molecule has 0 spiro atoms. The molecule has 1 aliphatic heterocycles. The summed E-state index contributed by atoms with van der Waals surface area (Å²) in [6, 6.07) is 6.17. The minimum absolute atomic E-state index is 0.0102. The molecular formula is C17H24BNO3. The van der Waals surface area contributed by atoms with Crippen LogP contribution in [0.3, 0.4) is 0 Å². The van der Waals surface area contributed by atoms with Crippen LogP contribution in [-0.4, -0.2) is 30.3 Å². The first kappa shape index (κ1) is 15.6. The van der Waals surface area contributed by atoms with E-state index in [4.69, 9.17) is 9.31 Å². The van der Waals surface area contributed by atoms with E-state index in [2.05, 4.69) is 5.32 Å². The molecule has 1 aliphatic carbocycles. The smallest absolute Gasteiger partial charge is 0.399 e. The van der Waals surface area contributed by atoms with E-state index in [1.54, 1.807) is 0 Å². The van der Waals surface area contributed by atoms with Gasteiger partial charge in [-0.2, -0.15) is 0 Å². The van der Waals surface area contributed by atoms with Crippen LogP contribution < -0.4 is 10.8 Å². The third-order valence-corrected chi connectivity index (χ3v) is 4.80. The summed E-state index contributed by atoms with van der Waals surface area (Å²) < 4.78 is 12.2. The molecule has 1 amide bonds. The van der Waals surface area contributed by atoms with Gasteiger partial charge in [0.2, 0.25) is 0 Å². The second kappa shape index (κ2) is 5.10. The fraction of sp³-hybridized carbons (Fsp3) is 0.588. The van der Waals surface area contributed by atoms with Crippen LogP contribution >= 0.6 is 0 Å². The van der Waals surface area contributed by atoms with Gasteiger partial charge in [-0.3, -0.25) is 4.79 Å². The maximum absolute atomic E-state index is 12.3. The van der Waals surface area contributed by atoms with E-state index in [1.807, 2.05) is 52.8 Å². The van der Waals surface area contributed by atoms with Crippen molar-refractivity contribution in [1.29, 1.82) is 0 Å². The van der Waals surface area contributed by atoms with Crippen molar-refractivity contribution in [3.05, 3.63) is 29.3 Å². The highest BCUT2D eigenvalue weighted by molar-refractivity contribution is 6.62. The Morgan fingerprint density at radius 2 is 1.73 bits per heavy atom. The zero-order chi connectivity index (χ0) is 16.1. The second-order valence-corrected chi connectivity index (χ2v) is 7.47. The van der Waals surface area contributed by atoms with Crippen molar-refractivity contribution in [2.45, 2.75) is 64.7 Å². The van der Waals surface area contributed by atoms with E-state index in [1.165, 1.54) is 0 Å². The molecule has 0 bridgehead atoms. The number of amides is 1. The minimum atomic E-state index is -0.433. The predicted molar refractivity (Wildman–Crippen MR) is 87.4 cm³/mol. The van der Waals surface area contributed by atoms with E-state index < -0.39 is 7.12 Å². The molecule has 1 heterocycles. The van der Waals surface area contributed by atoms with E-state index in [0.717, 1.165) is 23.9 Å². The quantitative estimate of drug-likeness (QED) is 0.871. The first-order valence-corrected chi connectivity index (χ1v) is 7.96. The van der Waals surface area contributed by atoms with Gasteiger partial charge in [-0.15, -0.1) is 0 Å². The lowest BCUT2D eigenvalue weighted by molar-refractivity contribution is 0.00578. The highest BCUT2D eigenvalue weighted by Gasteiger charge is 2.51. The third-order valence-electron chi connectivity index (χ3n) is 4.80. The van der Waals surface area contributed by atoms with Crippen molar-refractivity contribution >= 4 is 18.5 Å². The third kappa shape index (κ3) is 2.92. The lowest BCUT2D eigenvalue weighted by Crippen LogP contribution is -2.41. The molecule has 1 aromatic carbocycles. The van der Waals surface area contributed by atoms with Crippen LogP contribution in [0, 0.1) is 6.92 Å². The molecule has 1 aromatic rings. The van der Waals surface area contributed by atoms with E-state index in [0.29, 0.717) is 11.6 Å². The molecule has 118 valence electrons. The van der Waals surface area contributed by atoms with Gasteiger partial charge >= 0.3 is 7.12 Å². The van der Waals surface area contributed by atoms with Crippen LogP contribution in [0.1, 0.15) is 56.5 Å². The van der Waals surface area contributed by atoms with Crippen LogP contribution in [0.5, 0.6) is 0 Å². The van der Waals surface area contributed by atoms with E-state index >= 15 is 0 Å². The normalized spacial score (nSPS) is 22.7. The number of carbonyl (C=O) groups excluding carboxylic acids is 1. The van der Waals surface area contributed by atoms with Gasteiger partial charge in [-0.1, -0.05) is 11.6 Å². The van der Waals surface area contributed by atoms with Gasteiger partial charge in [-0.05, 0) is 65.1 Å². The molecule has 1 saturated carbocycles. The van der Waals surface area contributed by atoms with Crippen LogP contribution in [0.2, 0.25) is 0 Å². The highest BCUT2D eigenvalue weighted by atomic mass is 16.7. The van der Waals surface area contributed by atoms with Crippen LogP contribution in [0.4, 0.5) is 0 Å². The van der Waals surface area contributed by atoms with E-state index in [-0.39, 0.29) is 17.1 Å². The number of hydrogen-bond donors (Lipinski definition) is 1. The van der Waals surface area contributed by atoms with Gasteiger partial charge in [0.15, 0.2) is 0 Å². The number of nitrogens with one attached hydrogen (secondary N) is 1. The van der Waals surface area contributed by atoms with Gasteiger partial charge in [0.1, 0.15) is 0 Å². The standard InChI is InChI=1S/C17H24BNO3/c1-11-8-12(15(20)19-14-6-7-14)10-13(9-11)18-21-16(2,3)17(4,5)22-18/h8-10,14H,6-7H2,1-5H3,(H,19,20). The summed E-state index contributed by atoms with van der Waals surface area (Å²) in [5, 5.41) is 3.03. The molecule has 2 aliphatic rings. The number of aryl methyl sites for hydroxylation is 1. The fourth-order valence-electron chi connectivity index (χ4n) is 2.56. The number of rotatable bonds is 3. The first-order valence-electron chi connectivity index (χ1n) is 7.96. The Morgan fingerprint density at radius 1 is 1.14 bits per heavy atom. The molecule has 0 atom stereocenters. The molecule has 1 saturated heterocycles. The van der Waals surface area contributed by atoms with Crippen molar-refractivity contribution in [3.8, 4) is 0 Å². The van der Waals surface area contributed by atoms with Crippen molar-refractivity contribution in [1.82, 2.24) is 5.32 Å². The molecule has 5 heteroatoms. The molecule has 4 nitrogen and oxygen atoms in total. The Balaban J connectivity index is 1.85. The summed E-state index contributed by atoms with van der Waals surface area (Å²) in [6.07, 6.45) is 2.17. The zero-order valence-electron chi connectivity index (χ0n) is 14.0. The Bertz CT molecular complexity index is 592. The molecule has 3 rings (SSSR count). The summed E-state index contributed by atoms with van der Waals surface area (Å²) in [5.41, 5.74) is 1.86. The fourth-order valence-corrected chi connectivity index (χ4v) is 2.56. The first-order chi connectivity index (χ1) is 10.2. The monoisotopic (exact) mass is 301 g/mol. The lowest BCUT2D eigenvalue weighted by Gasteiger charge is -2.32. The minimum Gasteiger partial charge on any atom is -0.399 e. The maximum Gasteiger partial charge on any atom is 0.494 e. The maximum atomic E-state index is 12.3. The summed E-state index contributed by atoms with van der Waals surface area (Å²) in [4.78, 5) is 12.3. The molecule has 1 N–H and O–H groups in total. The van der Waals surface area contributed by atoms with Crippen molar-refractivity contribution < 1.29 is 14.1 Å². The molecule has 22 heavy (non-hydrogen) atoms. The average Bonchev–Trinajstić information content (AvgIpc) is 3.16. The Labute approximate surface area is 132 Å². The molecule has 0 aromatic heterocycles. The molecule has 2 fully saturated rings. The van der Waals surface area contributed by atoms with Gasteiger partial charge in [-0.25, -0.2) is 0 Å². The van der Waals surface area contributed by atoms with Gasteiger partial charge in [0.05, 0.1) is 11.2 Å². The Hall–Kier alpha value is -1.33. The average molecular weight is 301 g/mol. The van der Waals surface area contributed by atoms with Gasteiger partial charge in [0.25, 0.3) is 5.91 Å². The number of hydrogen-bond acceptors (Lipinski definition) is 3. The van der Waals surface area contributed by atoms with Crippen molar-refractivity contribution in [2.75, 3.05) is 0 Å². The summed E-state index contributed by atoms with van der Waals surface area (Å²) >= 11 is 0. The van der Waals surface area contributed by atoms with Gasteiger partial charge in [0, 0.05) is 11.6 Å². The van der Waals surface area contributed by atoms with Crippen LogP contribution in [0.15, 0.2) is 18.2 Å². The van der Waals surface area contributed by atoms with E-state index in [9.17, 15) is 4.79 Å². The van der Waals surface area contributed by atoms with Crippen molar-refractivity contribution in [3.63, 3.8) is 0 Å². The summed E-state index contributed by atoms with van der Waals surface area (Å²) in [7, 11) is -0.433. The molecular weight excluding hydrogens is 277 g/mol. The summed E-state index contributed by atoms with van der Waals surface area (Å²) in [5.74, 6) is -0.0102. The second-order valence-electron chi connectivity index (χ2n) is 7.47. The van der Waals surface area contributed by atoms with Crippen LogP contribution in [-0.2, 0) is 9.31 Å². The van der Waals surface area contributed by atoms with Crippen LogP contribution in [0.25, 0.3) is 0 Å². The summed E-state index contributed by atoms with van der Waals surface area (Å²) in [6.45, 7) is 10.1. The van der Waals surface area contributed by atoms with Gasteiger partial charge < -0.3 is 14.6 Å².